The number of aryl methyl sites for hydroxylation is 1. The minimum absolute atomic E-state index is 0.000954. The van der Waals surface area contributed by atoms with Crippen LogP contribution in [-0.4, -0.2) is 46.4 Å². The van der Waals surface area contributed by atoms with Gasteiger partial charge in [0.2, 0.25) is 5.78 Å². The monoisotopic (exact) mass is 487 g/mol. The highest BCUT2D eigenvalue weighted by Crippen LogP contribution is 2.18. The number of carbonyl (C=O) groups is 2. The van der Waals surface area contributed by atoms with E-state index in [4.69, 9.17) is 9.47 Å². The van der Waals surface area contributed by atoms with E-state index >= 15 is 0 Å². The van der Waals surface area contributed by atoms with Crippen LogP contribution in [0.25, 0.3) is 10.8 Å². The largest absolute Gasteiger partial charge is 0.452 e. The molecule has 0 unspecified atom stereocenters. The van der Waals surface area contributed by atoms with Crippen LogP contribution in [0.4, 0.5) is 0 Å². The first-order valence-corrected chi connectivity index (χ1v) is 11.8. The van der Waals surface area contributed by atoms with Crippen molar-refractivity contribution in [3.63, 3.8) is 0 Å². The fourth-order valence-electron chi connectivity index (χ4n) is 4.32. The lowest BCUT2D eigenvalue weighted by molar-refractivity contribution is 0.0468. The molecule has 0 saturated carbocycles. The summed E-state index contributed by atoms with van der Waals surface area (Å²) in [5, 5.41) is 5.08. The lowest BCUT2D eigenvalue weighted by Crippen LogP contribution is -2.27. The van der Waals surface area contributed by atoms with Gasteiger partial charge in [0.25, 0.3) is 5.56 Å². The van der Waals surface area contributed by atoms with Gasteiger partial charge in [-0.2, -0.15) is 5.10 Å². The number of nitrogens with zero attached hydrogens (tertiary/aromatic N) is 3. The Labute approximate surface area is 209 Å². The van der Waals surface area contributed by atoms with Crippen LogP contribution in [0.5, 0.6) is 0 Å². The van der Waals surface area contributed by atoms with Crippen molar-refractivity contribution in [2.24, 2.45) is 0 Å². The molecule has 4 aromatic rings. The van der Waals surface area contributed by atoms with Gasteiger partial charge >= 0.3 is 5.97 Å². The van der Waals surface area contributed by atoms with Crippen molar-refractivity contribution in [3.05, 3.63) is 99.2 Å². The number of rotatable bonds is 10. The maximum atomic E-state index is 13.1. The van der Waals surface area contributed by atoms with Gasteiger partial charge in [-0.3, -0.25) is 9.59 Å². The predicted molar refractivity (Wildman–Crippen MR) is 137 cm³/mol. The molecule has 0 saturated heterocycles. The SMILES string of the molecule is COCCCn1c(C)cc(C(=O)COC(=O)c2nn(Cc3ccccc3)c(=O)c3ccccc23)c1C. The van der Waals surface area contributed by atoms with Crippen LogP contribution in [0.3, 0.4) is 0 Å². The molecule has 0 aliphatic rings. The number of ether oxygens (including phenoxy) is 2. The van der Waals surface area contributed by atoms with Gasteiger partial charge in [-0.05, 0) is 38.0 Å². The first-order chi connectivity index (χ1) is 17.4. The summed E-state index contributed by atoms with van der Waals surface area (Å²) in [6.07, 6.45) is 0.826. The molecule has 0 spiro atoms. The molecule has 186 valence electrons. The summed E-state index contributed by atoms with van der Waals surface area (Å²) in [6.45, 7) is 4.97. The molecule has 8 heteroatoms. The summed E-state index contributed by atoms with van der Waals surface area (Å²) in [4.78, 5) is 39.0. The molecular formula is C28H29N3O5. The molecular weight excluding hydrogens is 458 g/mol. The number of benzene rings is 2. The number of hydrogen-bond donors (Lipinski definition) is 0. The molecule has 2 heterocycles. The molecule has 0 aliphatic heterocycles. The molecule has 0 aliphatic carbocycles. The smallest absolute Gasteiger partial charge is 0.359 e. The van der Waals surface area contributed by atoms with Crippen LogP contribution >= 0.6 is 0 Å². The maximum absolute atomic E-state index is 13.1. The van der Waals surface area contributed by atoms with Crippen molar-refractivity contribution in [1.29, 1.82) is 0 Å². The Kier molecular flexibility index (Phi) is 7.75. The van der Waals surface area contributed by atoms with E-state index in [2.05, 4.69) is 9.67 Å². The second-order valence-corrected chi connectivity index (χ2v) is 8.62. The zero-order valence-electron chi connectivity index (χ0n) is 20.7. The first-order valence-electron chi connectivity index (χ1n) is 11.8. The van der Waals surface area contributed by atoms with Gasteiger partial charge in [0.05, 0.1) is 11.9 Å². The molecule has 4 rings (SSSR count). The number of hydrogen-bond acceptors (Lipinski definition) is 6. The van der Waals surface area contributed by atoms with Crippen LogP contribution < -0.4 is 5.56 Å². The van der Waals surface area contributed by atoms with E-state index in [-0.39, 0.29) is 23.6 Å². The highest BCUT2D eigenvalue weighted by Gasteiger charge is 2.21. The third-order valence-corrected chi connectivity index (χ3v) is 6.17. The molecule has 36 heavy (non-hydrogen) atoms. The molecule has 2 aromatic heterocycles. The number of methoxy groups -OCH3 is 1. The number of aromatic nitrogens is 3. The van der Waals surface area contributed by atoms with E-state index in [9.17, 15) is 14.4 Å². The number of esters is 1. The zero-order valence-corrected chi connectivity index (χ0v) is 20.7. The molecule has 0 atom stereocenters. The Morgan fingerprint density at radius 1 is 0.972 bits per heavy atom. The molecule has 8 nitrogen and oxygen atoms in total. The number of fused-ring (bicyclic) bond motifs is 1. The van der Waals surface area contributed by atoms with Crippen LogP contribution in [0.2, 0.25) is 0 Å². The van der Waals surface area contributed by atoms with Gasteiger partial charge in [0, 0.05) is 42.6 Å². The van der Waals surface area contributed by atoms with Gasteiger partial charge in [-0.25, -0.2) is 9.48 Å². The van der Waals surface area contributed by atoms with Gasteiger partial charge in [0.1, 0.15) is 0 Å². The summed E-state index contributed by atoms with van der Waals surface area (Å²) in [5.41, 5.74) is 2.87. The topological polar surface area (TPSA) is 92.4 Å². The molecule has 0 radical (unpaired) electrons. The second-order valence-electron chi connectivity index (χ2n) is 8.62. The van der Waals surface area contributed by atoms with Crippen molar-refractivity contribution >= 4 is 22.5 Å². The van der Waals surface area contributed by atoms with Crippen molar-refractivity contribution in [2.45, 2.75) is 33.4 Å². The summed E-state index contributed by atoms with van der Waals surface area (Å²) < 4.78 is 13.8. The van der Waals surface area contributed by atoms with Crippen LogP contribution in [0, 0.1) is 13.8 Å². The highest BCUT2D eigenvalue weighted by molar-refractivity contribution is 6.04. The highest BCUT2D eigenvalue weighted by atomic mass is 16.5. The quantitative estimate of drug-likeness (QED) is 0.191. The van der Waals surface area contributed by atoms with Crippen molar-refractivity contribution in [2.75, 3.05) is 20.3 Å². The minimum atomic E-state index is -0.754. The van der Waals surface area contributed by atoms with Gasteiger partial charge in [-0.1, -0.05) is 48.5 Å². The van der Waals surface area contributed by atoms with Crippen LogP contribution in [-0.2, 0) is 22.6 Å². The van der Waals surface area contributed by atoms with Gasteiger partial charge in [-0.15, -0.1) is 0 Å². The molecule has 2 aromatic carbocycles. The van der Waals surface area contributed by atoms with Crippen molar-refractivity contribution in [1.82, 2.24) is 14.3 Å². The van der Waals surface area contributed by atoms with Crippen LogP contribution in [0.1, 0.15) is 44.2 Å². The van der Waals surface area contributed by atoms with E-state index < -0.39 is 12.6 Å². The fraction of sp³-hybridized carbons (Fsp3) is 0.286. The zero-order chi connectivity index (χ0) is 25.7. The number of ketones is 1. The van der Waals surface area contributed by atoms with Crippen molar-refractivity contribution in [3.8, 4) is 0 Å². The first kappa shape index (κ1) is 25.1. The lowest BCUT2D eigenvalue weighted by atomic mass is 10.1. The van der Waals surface area contributed by atoms with E-state index in [0.29, 0.717) is 22.9 Å². The third-order valence-electron chi connectivity index (χ3n) is 6.17. The maximum Gasteiger partial charge on any atom is 0.359 e. The Morgan fingerprint density at radius 2 is 1.67 bits per heavy atom. The molecule has 0 N–H and O–H groups in total. The minimum Gasteiger partial charge on any atom is -0.452 e. The Bertz CT molecular complexity index is 1450. The summed E-state index contributed by atoms with van der Waals surface area (Å²) in [7, 11) is 1.66. The average molecular weight is 488 g/mol. The standard InChI is InChI=1S/C28H29N3O5/c1-19-16-24(20(2)30(19)14-9-15-35-3)25(32)18-36-28(34)26-22-12-7-8-13-23(22)27(33)31(29-26)17-21-10-5-4-6-11-21/h4-8,10-13,16H,9,14-15,17-18H2,1-3H3. The Morgan fingerprint density at radius 3 is 2.39 bits per heavy atom. The number of carbonyl (C=O) groups excluding carboxylic acids is 2. The van der Waals surface area contributed by atoms with E-state index in [0.717, 1.165) is 29.9 Å². The molecule has 0 fully saturated rings. The van der Waals surface area contributed by atoms with E-state index in [1.165, 1.54) is 4.68 Å². The van der Waals surface area contributed by atoms with Crippen LogP contribution in [0.15, 0.2) is 65.5 Å². The Hall–Kier alpha value is -4.04. The van der Waals surface area contributed by atoms with E-state index in [1.54, 1.807) is 31.4 Å². The fourth-order valence-corrected chi connectivity index (χ4v) is 4.32. The summed E-state index contributed by atoms with van der Waals surface area (Å²) in [5.74, 6) is -1.05. The lowest BCUT2D eigenvalue weighted by Gasteiger charge is -2.11. The normalized spacial score (nSPS) is 11.1. The van der Waals surface area contributed by atoms with Gasteiger partial charge < -0.3 is 14.0 Å². The number of Topliss-reactive ketones (excluding diaryl/α,β-unsaturated/α-hetero) is 1. The van der Waals surface area contributed by atoms with E-state index in [1.807, 2.05) is 50.2 Å². The predicted octanol–water partition coefficient (Wildman–Crippen LogP) is 3.94. The van der Waals surface area contributed by atoms with Gasteiger partial charge in [0.15, 0.2) is 12.3 Å². The molecule has 0 bridgehead atoms. The average Bonchev–Trinajstić information content (AvgIpc) is 3.18. The summed E-state index contributed by atoms with van der Waals surface area (Å²) in [6, 6.07) is 18.0. The Balaban J connectivity index is 1.56. The van der Waals surface area contributed by atoms with Crippen molar-refractivity contribution < 1.29 is 19.1 Å². The third kappa shape index (κ3) is 5.28. The summed E-state index contributed by atoms with van der Waals surface area (Å²) >= 11 is 0. The second kappa shape index (κ2) is 11.1. The molecule has 0 amide bonds.